The second-order valence-corrected chi connectivity index (χ2v) is 4.88. The lowest BCUT2D eigenvalue weighted by Crippen LogP contribution is -2.12. The summed E-state index contributed by atoms with van der Waals surface area (Å²) in [5, 5.41) is 23.3. The summed E-state index contributed by atoms with van der Waals surface area (Å²) in [7, 11) is 1.28. The number of nitrogens with zero attached hydrogens (tertiary/aromatic N) is 1. The number of phenols is 2. The van der Waals surface area contributed by atoms with E-state index >= 15 is 0 Å². The fraction of sp³-hybridized carbons (Fsp3) is 0.154. The molecule has 2 aromatic rings. The van der Waals surface area contributed by atoms with Crippen molar-refractivity contribution in [2.45, 2.75) is 6.42 Å². The zero-order valence-corrected chi connectivity index (χ0v) is 11.8. The molecule has 1 aromatic carbocycles. The van der Waals surface area contributed by atoms with Gasteiger partial charge in [-0.15, -0.1) is 11.3 Å². The molecule has 8 heteroatoms. The van der Waals surface area contributed by atoms with Gasteiger partial charge in [0.2, 0.25) is 0 Å². The van der Waals surface area contributed by atoms with Crippen LogP contribution in [0.5, 0.6) is 11.5 Å². The topological polar surface area (TPSA) is 109 Å². The molecule has 0 spiro atoms. The van der Waals surface area contributed by atoms with E-state index in [1.54, 1.807) is 5.38 Å². The molecule has 0 saturated heterocycles. The van der Waals surface area contributed by atoms with Crippen LogP contribution in [0.1, 0.15) is 16.1 Å². The molecule has 0 radical (unpaired) electrons. The van der Waals surface area contributed by atoms with Gasteiger partial charge in [0, 0.05) is 5.38 Å². The number of para-hydroxylation sites is 1. The van der Waals surface area contributed by atoms with Gasteiger partial charge >= 0.3 is 5.97 Å². The number of thiazole rings is 1. The van der Waals surface area contributed by atoms with E-state index in [0.717, 1.165) is 11.3 Å². The van der Waals surface area contributed by atoms with Crippen molar-refractivity contribution >= 4 is 28.3 Å². The van der Waals surface area contributed by atoms with E-state index in [4.69, 9.17) is 0 Å². The third kappa shape index (κ3) is 3.48. The van der Waals surface area contributed by atoms with Crippen molar-refractivity contribution in [2.24, 2.45) is 0 Å². The van der Waals surface area contributed by atoms with Crippen molar-refractivity contribution in [1.82, 2.24) is 4.98 Å². The van der Waals surface area contributed by atoms with Crippen LogP contribution in [0.25, 0.3) is 0 Å². The third-order valence-corrected chi connectivity index (χ3v) is 3.39. The molecule has 0 fully saturated rings. The number of benzene rings is 1. The van der Waals surface area contributed by atoms with E-state index in [0.29, 0.717) is 5.69 Å². The average molecular weight is 308 g/mol. The Balaban J connectivity index is 2.09. The Hall–Kier alpha value is -2.61. The van der Waals surface area contributed by atoms with Gasteiger partial charge in [-0.3, -0.25) is 14.9 Å². The maximum absolute atomic E-state index is 12.0. The number of phenolic OH excluding ortho intramolecular Hbond substituents is 2. The van der Waals surface area contributed by atoms with Gasteiger partial charge in [0.15, 0.2) is 16.6 Å². The minimum atomic E-state index is -0.609. The predicted octanol–water partition coefficient (Wildman–Crippen LogP) is 1.52. The largest absolute Gasteiger partial charge is 0.504 e. The van der Waals surface area contributed by atoms with Crippen LogP contribution in [0.2, 0.25) is 0 Å². The number of esters is 1. The summed E-state index contributed by atoms with van der Waals surface area (Å²) in [6.07, 6.45) is 0.0141. The van der Waals surface area contributed by atoms with Gasteiger partial charge in [-0.05, 0) is 12.1 Å². The normalized spacial score (nSPS) is 10.1. The molecule has 1 heterocycles. The van der Waals surface area contributed by atoms with Crippen LogP contribution in [0.15, 0.2) is 23.6 Å². The van der Waals surface area contributed by atoms with Crippen LogP contribution in [0, 0.1) is 0 Å². The van der Waals surface area contributed by atoms with Crippen molar-refractivity contribution < 1.29 is 24.5 Å². The number of hydrogen-bond donors (Lipinski definition) is 3. The first-order valence-electron chi connectivity index (χ1n) is 5.84. The fourth-order valence-electron chi connectivity index (χ4n) is 1.54. The number of anilines is 1. The molecule has 2 rings (SSSR count). The molecule has 7 nitrogen and oxygen atoms in total. The summed E-state index contributed by atoms with van der Waals surface area (Å²) in [4.78, 5) is 27.1. The highest BCUT2D eigenvalue weighted by Crippen LogP contribution is 2.29. The molecule has 3 N–H and O–H groups in total. The quantitative estimate of drug-likeness (QED) is 0.583. The van der Waals surface area contributed by atoms with Crippen molar-refractivity contribution in [3.05, 3.63) is 34.8 Å². The van der Waals surface area contributed by atoms with Crippen LogP contribution in [-0.2, 0) is 16.0 Å². The molecular formula is C13H12N2O5S. The summed E-state index contributed by atoms with van der Waals surface area (Å²) in [5.41, 5.74) is 0.405. The molecule has 1 aromatic heterocycles. The fourth-order valence-corrected chi connectivity index (χ4v) is 2.25. The third-order valence-electron chi connectivity index (χ3n) is 2.58. The Labute approximate surface area is 123 Å². The first-order chi connectivity index (χ1) is 10.0. The molecule has 0 atom stereocenters. The van der Waals surface area contributed by atoms with Crippen LogP contribution in [0.4, 0.5) is 5.13 Å². The maximum atomic E-state index is 12.0. The van der Waals surface area contributed by atoms with Gasteiger partial charge in [-0.2, -0.15) is 0 Å². The number of aromatic hydroxyl groups is 2. The van der Waals surface area contributed by atoms with E-state index in [2.05, 4.69) is 15.0 Å². The molecular weight excluding hydrogens is 296 g/mol. The molecule has 0 bridgehead atoms. The lowest BCUT2D eigenvalue weighted by atomic mass is 10.2. The number of methoxy groups -OCH3 is 1. The van der Waals surface area contributed by atoms with Gasteiger partial charge in [-0.25, -0.2) is 4.98 Å². The molecule has 0 aliphatic heterocycles. The van der Waals surface area contributed by atoms with Gasteiger partial charge in [0.25, 0.3) is 5.91 Å². The Morgan fingerprint density at radius 3 is 2.86 bits per heavy atom. The second-order valence-electron chi connectivity index (χ2n) is 4.02. The maximum Gasteiger partial charge on any atom is 0.311 e. The lowest BCUT2D eigenvalue weighted by molar-refractivity contribution is -0.139. The van der Waals surface area contributed by atoms with E-state index in [-0.39, 0.29) is 22.9 Å². The molecule has 0 aliphatic carbocycles. The molecule has 0 unspecified atom stereocenters. The van der Waals surface area contributed by atoms with Crippen LogP contribution in [-0.4, -0.2) is 34.2 Å². The Morgan fingerprint density at radius 2 is 2.14 bits per heavy atom. The minimum absolute atomic E-state index is 0.0141. The molecule has 110 valence electrons. The van der Waals surface area contributed by atoms with Crippen LogP contribution < -0.4 is 5.32 Å². The smallest absolute Gasteiger partial charge is 0.311 e. The average Bonchev–Trinajstić information content (AvgIpc) is 2.88. The van der Waals surface area contributed by atoms with Crippen molar-refractivity contribution in [1.29, 1.82) is 0 Å². The minimum Gasteiger partial charge on any atom is -0.504 e. The first kappa shape index (κ1) is 14.8. The number of amides is 1. The summed E-state index contributed by atoms with van der Waals surface area (Å²) in [6, 6.07) is 4.08. The molecule has 1 amide bonds. The zero-order valence-electron chi connectivity index (χ0n) is 11.0. The van der Waals surface area contributed by atoms with E-state index in [1.807, 2.05) is 0 Å². The summed E-state index contributed by atoms with van der Waals surface area (Å²) < 4.78 is 4.52. The van der Waals surface area contributed by atoms with Gasteiger partial charge in [0.05, 0.1) is 24.8 Å². The van der Waals surface area contributed by atoms with E-state index in [1.165, 1.54) is 25.3 Å². The van der Waals surface area contributed by atoms with E-state index in [9.17, 15) is 19.8 Å². The number of ether oxygens (including phenoxy) is 1. The number of rotatable bonds is 4. The van der Waals surface area contributed by atoms with E-state index < -0.39 is 17.6 Å². The lowest BCUT2D eigenvalue weighted by Gasteiger charge is -2.05. The highest BCUT2D eigenvalue weighted by molar-refractivity contribution is 7.14. The highest BCUT2D eigenvalue weighted by atomic mass is 32.1. The van der Waals surface area contributed by atoms with Crippen LogP contribution in [0.3, 0.4) is 0 Å². The first-order valence-corrected chi connectivity index (χ1v) is 6.72. The Kier molecular flexibility index (Phi) is 4.39. The Bertz CT molecular complexity index is 683. The number of nitrogens with one attached hydrogen (secondary N) is 1. The summed E-state index contributed by atoms with van der Waals surface area (Å²) in [5.74, 6) is -1.92. The zero-order chi connectivity index (χ0) is 15.4. The molecule has 0 saturated carbocycles. The van der Waals surface area contributed by atoms with Crippen molar-refractivity contribution in [3.63, 3.8) is 0 Å². The number of carbonyl (C=O) groups is 2. The Morgan fingerprint density at radius 1 is 1.38 bits per heavy atom. The molecule has 0 aliphatic rings. The monoisotopic (exact) mass is 308 g/mol. The number of aromatic nitrogens is 1. The standard InChI is InChI=1S/C13H12N2O5S/c1-20-10(17)5-7-6-21-13(14-7)15-12(19)8-3-2-4-9(16)11(8)18/h2-4,6,16,18H,5H2,1H3,(H,14,15,19). The van der Waals surface area contributed by atoms with Gasteiger partial charge < -0.3 is 14.9 Å². The number of hydrogen-bond acceptors (Lipinski definition) is 7. The number of carbonyl (C=O) groups excluding carboxylic acids is 2. The van der Waals surface area contributed by atoms with Crippen LogP contribution >= 0.6 is 11.3 Å². The van der Waals surface area contributed by atoms with Crippen molar-refractivity contribution in [2.75, 3.05) is 12.4 Å². The SMILES string of the molecule is COC(=O)Cc1csc(NC(=O)c2cccc(O)c2O)n1. The summed E-state index contributed by atoms with van der Waals surface area (Å²) in [6.45, 7) is 0. The predicted molar refractivity (Wildman–Crippen MR) is 75.6 cm³/mol. The highest BCUT2D eigenvalue weighted by Gasteiger charge is 2.16. The summed E-state index contributed by atoms with van der Waals surface area (Å²) >= 11 is 1.14. The van der Waals surface area contributed by atoms with Gasteiger partial charge in [-0.1, -0.05) is 6.07 Å². The second kappa shape index (κ2) is 6.23. The van der Waals surface area contributed by atoms with Crippen molar-refractivity contribution in [3.8, 4) is 11.5 Å². The molecule has 21 heavy (non-hydrogen) atoms. The van der Waals surface area contributed by atoms with Gasteiger partial charge in [0.1, 0.15) is 0 Å².